The Labute approximate surface area is 367 Å². The van der Waals surface area contributed by atoms with Gasteiger partial charge in [-0.3, -0.25) is 0 Å². The van der Waals surface area contributed by atoms with Crippen LogP contribution in [0.5, 0.6) is 0 Å². The molecule has 8 rings (SSSR count). The van der Waals surface area contributed by atoms with Crippen molar-refractivity contribution in [3.8, 4) is 38.8 Å². The van der Waals surface area contributed by atoms with E-state index in [0.717, 1.165) is 46.7 Å². The van der Waals surface area contributed by atoms with Crippen molar-refractivity contribution in [3.05, 3.63) is 154 Å². The van der Waals surface area contributed by atoms with E-state index in [-0.39, 0.29) is 16.4 Å². The lowest BCUT2D eigenvalue weighted by atomic mass is 9.70. The van der Waals surface area contributed by atoms with Crippen LogP contribution in [0.15, 0.2) is 127 Å². The van der Waals surface area contributed by atoms with Gasteiger partial charge in [-0.15, -0.1) is 11.3 Å². The first kappa shape index (κ1) is 42.0. The maximum absolute atomic E-state index is 11.6. The smallest absolute Gasteiger partial charge is 0.346 e. The summed E-state index contributed by atoms with van der Waals surface area (Å²) in [6, 6.07) is 47.4. The predicted molar refractivity (Wildman–Crippen MR) is 256 cm³/mol. The Morgan fingerprint density at radius 2 is 1.03 bits per heavy atom. The van der Waals surface area contributed by atoms with Crippen LogP contribution in [0.4, 0.5) is 17.1 Å². The van der Waals surface area contributed by atoms with E-state index >= 15 is 0 Å². The lowest BCUT2D eigenvalue weighted by molar-refractivity contribution is -0.132. The number of nitriles is 1. The van der Waals surface area contributed by atoms with Gasteiger partial charge in [0, 0.05) is 37.6 Å². The van der Waals surface area contributed by atoms with Crippen LogP contribution in [0, 0.1) is 11.3 Å². The molecule has 0 fully saturated rings. The largest absolute Gasteiger partial charge is 0.477 e. The van der Waals surface area contributed by atoms with Gasteiger partial charge in [0.2, 0.25) is 0 Å². The molecule has 2 aliphatic rings. The molecule has 2 aliphatic carbocycles. The Morgan fingerprint density at radius 1 is 0.590 bits per heavy atom. The third-order valence-electron chi connectivity index (χ3n) is 13.5. The SMILES string of the molecule is CCCCC1(CCCC)c2ccccc2-c2ccc(N(c3ccc(-c4ccc(/C=C(\C#N)C(=O)O)s4)cc3)c3ccc4c(c3)C(CCCC)(CCCC)c3ccccc3-4)cc21. The maximum Gasteiger partial charge on any atom is 0.346 e. The summed E-state index contributed by atoms with van der Waals surface area (Å²) in [5.41, 5.74) is 15.5. The average Bonchev–Trinajstić information content (AvgIpc) is 3.96. The molecule has 5 aromatic carbocycles. The number of anilines is 3. The number of fused-ring (bicyclic) bond motifs is 6. The maximum atomic E-state index is 11.6. The van der Waals surface area contributed by atoms with Gasteiger partial charge in [-0.05, 0) is 130 Å². The van der Waals surface area contributed by atoms with Crippen molar-refractivity contribution in [3.63, 3.8) is 0 Å². The van der Waals surface area contributed by atoms with E-state index in [1.807, 2.05) is 12.1 Å². The number of nitrogens with zero attached hydrogens (tertiary/aromatic N) is 2. The fourth-order valence-electron chi connectivity index (χ4n) is 10.5. The van der Waals surface area contributed by atoms with Crippen LogP contribution >= 0.6 is 11.3 Å². The fraction of sp³-hybridized carbons (Fsp3) is 0.321. The van der Waals surface area contributed by atoms with Gasteiger partial charge in [-0.25, -0.2) is 4.79 Å². The van der Waals surface area contributed by atoms with Crippen LogP contribution in [0.3, 0.4) is 0 Å². The molecule has 61 heavy (non-hydrogen) atoms. The first-order chi connectivity index (χ1) is 29.8. The lowest BCUT2D eigenvalue weighted by Gasteiger charge is -2.35. The number of carboxylic acid groups (broad SMARTS) is 1. The molecular weight excluding hydrogens is 765 g/mol. The topological polar surface area (TPSA) is 64.3 Å². The zero-order valence-electron chi connectivity index (χ0n) is 36.3. The van der Waals surface area contributed by atoms with E-state index in [4.69, 9.17) is 0 Å². The molecule has 0 aliphatic heterocycles. The van der Waals surface area contributed by atoms with E-state index < -0.39 is 5.97 Å². The highest BCUT2D eigenvalue weighted by Crippen LogP contribution is 2.58. The van der Waals surface area contributed by atoms with Gasteiger partial charge >= 0.3 is 5.97 Å². The van der Waals surface area contributed by atoms with Gasteiger partial charge < -0.3 is 10.0 Å². The number of carbonyl (C=O) groups is 1. The number of benzene rings is 5. The van der Waals surface area contributed by atoms with Crippen LogP contribution < -0.4 is 4.90 Å². The van der Waals surface area contributed by atoms with Crippen molar-refractivity contribution in [2.24, 2.45) is 0 Å². The predicted octanol–water partition coefficient (Wildman–Crippen LogP) is 16.2. The van der Waals surface area contributed by atoms with Crippen molar-refractivity contribution in [2.75, 3.05) is 4.90 Å². The number of hydrogen-bond donors (Lipinski definition) is 1. The Bertz CT molecular complexity index is 2470. The molecule has 0 saturated carbocycles. The summed E-state index contributed by atoms with van der Waals surface area (Å²) < 4.78 is 0. The zero-order chi connectivity index (χ0) is 42.6. The minimum absolute atomic E-state index is 0.0318. The van der Waals surface area contributed by atoms with E-state index in [1.54, 1.807) is 6.07 Å². The molecule has 0 atom stereocenters. The molecular formula is C56H58N2O2S. The first-order valence-corrected chi connectivity index (χ1v) is 23.5. The Hall–Kier alpha value is -5.70. The van der Waals surface area contributed by atoms with Crippen molar-refractivity contribution < 1.29 is 9.90 Å². The third-order valence-corrected chi connectivity index (χ3v) is 14.6. The van der Waals surface area contributed by atoms with Gasteiger partial charge in [0.15, 0.2) is 0 Å². The second kappa shape index (κ2) is 18.1. The van der Waals surface area contributed by atoms with Crippen LogP contribution in [0.1, 0.15) is 132 Å². The standard InChI is InChI=1S/C56H58N2O2S/c1-5-9-31-55(32-10-6-2)49-19-15-13-17-45(49)47-28-25-42(36-51(47)55)58(41-23-21-39(22-24-41)53-30-27-44(61-53)35-40(38-57)54(59)60)43-26-29-48-46-18-14-16-20-50(46)56(33-11-7-3,34-12-8-4)52(48)37-43/h13-30,35-37H,5-12,31-34H2,1-4H3,(H,59,60)/b40-35+. The highest BCUT2D eigenvalue weighted by Gasteiger charge is 2.44. The Balaban J connectivity index is 1.30. The summed E-state index contributed by atoms with van der Waals surface area (Å²) in [6.07, 6.45) is 15.4. The second-order valence-electron chi connectivity index (χ2n) is 17.2. The van der Waals surface area contributed by atoms with Gasteiger partial charge in [-0.1, -0.05) is 152 Å². The van der Waals surface area contributed by atoms with Crippen molar-refractivity contribution in [2.45, 2.75) is 116 Å². The Morgan fingerprint density at radius 3 is 1.48 bits per heavy atom. The third kappa shape index (κ3) is 7.65. The summed E-state index contributed by atoms with van der Waals surface area (Å²) in [5.74, 6) is -1.21. The van der Waals surface area contributed by atoms with Crippen LogP contribution in [0.25, 0.3) is 38.8 Å². The monoisotopic (exact) mass is 822 g/mol. The van der Waals surface area contributed by atoms with Crippen LogP contribution in [0.2, 0.25) is 0 Å². The molecule has 0 amide bonds. The van der Waals surface area contributed by atoms with E-state index in [0.29, 0.717) is 0 Å². The molecule has 0 saturated heterocycles. The summed E-state index contributed by atoms with van der Waals surface area (Å²) >= 11 is 1.49. The number of aliphatic carboxylic acids is 1. The summed E-state index contributed by atoms with van der Waals surface area (Å²) in [7, 11) is 0. The average molecular weight is 823 g/mol. The van der Waals surface area contributed by atoms with Crippen molar-refractivity contribution in [1.29, 1.82) is 5.26 Å². The summed E-state index contributed by atoms with van der Waals surface area (Å²) in [5, 5.41) is 18.8. The molecule has 0 bridgehead atoms. The van der Waals surface area contributed by atoms with E-state index in [9.17, 15) is 15.2 Å². The van der Waals surface area contributed by atoms with Gasteiger partial charge in [-0.2, -0.15) is 5.26 Å². The van der Waals surface area contributed by atoms with Crippen molar-refractivity contribution >= 4 is 40.4 Å². The number of unbranched alkanes of at least 4 members (excludes halogenated alkanes) is 4. The molecule has 1 aromatic heterocycles. The number of rotatable bonds is 18. The molecule has 4 nitrogen and oxygen atoms in total. The molecule has 0 spiro atoms. The molecule has 5 heteroatoms. The quantitative estimate of drug-likeness (QED) is 0.0693. The molecule has 0 radical (unpaired) electrons. The lowest BCUT2D eigenvalue weighted by Crippen LogP contribution is -2.26. The molecule has 1 heterocycles. The summed E-state index contributed by atoms with van der Waals surface area (Å²) in [6.45, 7) is 9.27. The number of hydrogen-bond acceptors (Lipinski definition) is 4. The van der Waals surface area contributed by atoms with E-state index in [2.05, 4.69) is 142 Å². The highest BCUT2D eigenvalue weighted by atomic mass is 32.1. The van der Waals surface area contributed by atoms with E-state index in [1.165, 1.54) is 125 Å². The molecule has 310 valence electrons. The van der Waals surface area contributed by atoms with Crippen LogP contribution in [-0.2, 0) is 15.6 Å². The normalized spacial score (nSPS) is 14.2. The molecule has 6 aromatic rings. The minimum atomic E-state index is -1.21. The Kier molecular flexibility index (Phi) is 12.5. The van der Waals surface area contributed by atoms with Gasteiger partial charge in [0.25, 0.3) is 0 Å². The fourth-order valence-corrected chi connectivity index (χ4v) is 11.5. The van der Waals surface area contributed by atoms with Crippen LogP contribution in [-0.4, -0.2) is 11.1 Å². The number of thiophene rings is 1. The first-order valence-electron chi connectivity index (χ1n) is 22.7. The van der Waals surface area contributed by atoms with Gasteiger partial charge in [0.1, 0.15) is 11.6 Å². The summed E-state index contributed by atoms with van der Waals surface area (Å²) in [4.78, 5) is 15.8. The molecule has 0 unspecified atom stereocenters. The van der Waals surface area contributed by atoms with Gasteiger partial charge in [0.05, 0.1) is 0 Å². The zero-order valence-corrected chi connectivity index (χ0v) is 37.1. The highest BCUT2D eigenvalue weighted by molar-refractivity contribution is 7.16. The molecule has 1 N–H and O–H groups in total. The second-order valence-corrected chi connectivity index (χ2v) is 18.3. The minimum Gasteiger partial charge on any atom is -0.477 e. The van der Waals surface area contributed by atoms with Crippen molar-refractivity contribution in [1.82, 2.24) is 0 Å². The number of carboxylic acids is 1.